The van der Waals surface area contributed by atoms with Gasteiger partial charge in [-0.2, -0.15) is 0 Å². The topological polar surface area (TPSA) is 103 Å². The number of halogens is 2. The highest BCUT2D eigenvalue weighted by atomic mass is 35.5. The van der Waals surface area contributed by atoms with Crippen LogP contribution < -0.4 is 21.5 Å². The number of carbonyl (C=O) groups is 1. The van der Waals surface area contributed by atoms with Gasteiger partial charge in [-0.05, 0) is 81.5 Å². The van der Waals surface area contributed by atoms with E-state index in [1.807, 2.05) is 32.2 Å². The molecule has 1 aromatic carbocycles. The summed E-state index contributed by atoms with van der Waals surface area (Å²) >= 11 is 0. The molecule has 1 aromatic heterocycles. The van der Waals surface area contributed by atoms with Gasteiger partial charge in [0.2, 0.25) is 5.91 Å². The van der Waals surface area contributed by atoms with Crippen LogP contribution >= 0.6 is 24.8 Å². The Morgan fingerprint density at radius 3 is 2.40 bits per heavy atom. The second kappa shape index (κ2) is 11.4. The summed E-state index contributed by atoms with van der Waals surface area (Å²) in [7, 11) is 1.97. The summed E-state index contributed by atoms with van der Waals surface area (Å²) in [5.41, 5.74) is 14.1. The molecule has 0 atom stereocenters. The van der Waals surface area contributed by atoms with Crippen molar-refractivity contribution in [2.24, 2.45) is 11.1 Å². The van der Waals surface area contributed by atoms with Crippen LogP contribution in [-0.4, -0.2) is 30.6 Å². The summed E-state index contributed by atoms with van der Waals surface area (Å²) in [6, 6.07) is 10.3. The number of ether oxygens (including phenoxy) is 1. The van der Waals surface area contributed by atoms with E-state index in [0.29, 0.717) is 24.9 Å². The molecule has 0 spiro atoms. The third-order valence-corrected chi connectivity index (χ3v) is 5.88. The Labute approximate surface area is 191 Å². The van der Waals surface area contributed by atoms with Gasteiger partial charge in [0.05, 0.1) is 12.0 Å². The summed E-state index contributed by atoms with van der Waals surface area (Å²) in [4.78, 5) is 16.7. The number of benzene rings is 1. The predicted octanol–water partition coefficient (Wildman–Crippen LogP) is 3.75. The summed E-state index contributed by atoms with van der Waals surface area (Å²) in [6.45, 7) is 2.53. The average molecular weight is 455 g/mol. The number of nitrogens with two attached hydrogens (primary N) is 2. The summed E-state index contributed by atoms with van der Waals surface area (Å²) in [6.07, 6.45) is 5.82. The highest BCUT2D eigenvalue weighted by Crippen LogP contribution is 2.41. The molecule has 0 unspecified atom stereocenters. The van der Waals surface area contributed by atoms with Gasteiger partial charge in [-0.15, -0.1) is 24.8 Å². The number of nitrogen functional groups attached to an aromatic ring is 1. The Balaban J connectivity index is 0.00000225. The van der Waals surface area contributed by atoms with E-state index < -0.39 is 5.41 Å². The number of carbonyl (C=O) groups excluding carboxylic acids is 1. The van der Waals surface area contributed by atoms with Gasteiger partial charge in [-0.1, -0.05) is 6.07 Å². The molecule has 1 amide bonds. The molecular formula is C22H32Cl2N4O2. The number of anilines is 1. The molecule has 30 heavy (non-hydrogen) atoms. The second-order valence-electron chi connectivity index (χ2n) is 7.61. The van der Waals surface area contributed by atoms with Crippen LogP contribution in [-0.2, 0) is 11.2 Å². The fourth-order valence-electron chi connectivity index (χ4n) is 4.10. The van der Waals surface area contributed by atoms with Gasteiger partial charge in [0.25, 0.3) is 0 Å². The number of primary amides is 1. The number of aromatic nitrogens is 1. The first-order valence-corrected chi connectivity index (χ1v) is 9.92. The van der Waals surface area contributed by atoms with Gasteiger partial charge in [-0.25, -0.2) is 4.98 Å². The molecule has 0 bridgehead atoms. The quantitative estimate of drug-likeness (QED) is 0.590. The molecule has 2 aromatic rings. The largest absolute Gasteiger partial charge is 0.494 e. The predicted molar refractivity (Wildman–Crippen MR) is 126 cm³/mol. The van der Waals surface area contributed by atoms with Crippen LogP contribution in [0, 0.1) is 5.41 Å². The minimum atomic E-state index is -0.531. The van der Waals surface area contributed by atoms with E-state index in [2.05, 4.69) is 16.4 Å². The number of nitrogens with zero attached hydrogens (tertiary/aromatic N) is 1. The standard InChI is InChI=1S/C22H30N4O2.2ClH/c1-3-28-19-6-4-15(16-5-7-20(23)26-14-16)12-17(19)13-22(21(24)27)10-8-18(25-2)9-11-22;;/h4-7,12,14,18,25H,3,8-11,13H2,1-2H3,(H2,23,26)(H2,24,27);2*1H. The minimum Gasteiger partial charge on any atom is -0.494 e. The molecule has 0 saturated heterocycles. The Kier molecular flexibility index (Phi) is 9.88. The van der Waals surface area contributed by atoms with E-state index in [-0.39, 0.29) is 30.7 Å². The fourth-order valence-corrected chi connectivity index (χ4v) is 4.10. The van der Waals surface area contributed by atoms with Crippen LogP contribution in [0.2, 0.25) is 0 Å². The summed E-state index contributed by atoms with van der Waals surface area (Å²) < 4.78 is 5.86. The van der Waals surface area contributed by atoms with Gasteiger partial charge in [0, 0.05) is 17.8 Å². The van der Waals surface area contributed by atoms with Crippen molar-refractivity contribution in [3.05, 3.63) is 42.1 Å². The summed E-state index contributed by atoms with van der Waals surface area (Å²) in [5.74, 6) is 1.08. The molecule has 3 rings (SSSR count). The zero-order chi connectivity index (χ0) is 20.1. The van der Waals surface area contributed by atoms with Crippen molar-refractivity contribution in [2.45, 2.75) is 45.1 Å². The van der Waals surface area contributed by atoms with Gasteiger partial charge in [0.1, 0.15) is 11.6 Å². The van der Waals surface area contributed by atoms with E-state index in [1.54, 1.807) is 12.3 Å². The molecule has 0 radical (unpaired) electrons. The average Bonchev–Trinajstić information content (AvgIpc) is 2.70. The third kappa shape index (κ3) is 5.78. The lowest BCUT2D eigenvalue weighted by Gasteiger charge is -2.38. The lowest BCUT2D eigenvalue weighted by atomic mass is 9.68. The van der Waals surface area contributed by atoms with Crippen molar-refractivity contribution in [1.29, 1.82) is 0 Å². The fraction of sp³-hybridized carbons (Fsp3) is 0.455. The molecule has 1 saturated carbocycles. The Morgan fingerprint density at radius 1 is 1.20 bits per heavy atom. The zero-order valence-corrected chi connectivity index (χ0v) is 19.2. The van der Waals surface area contributed by atoms with E-state index >= 15 is 0 Å². The van der Waals surface area contributed by atoms with Crippen molar-refractivity contribution >= 4 is 36.5 Å². The SMILES string of the molecule is CCOc1ccc(-c2ccc(N)nc2)cc1CC1(C(N)=O)CCC(NC)CC1.Cl.Cl. The van der Waals surface area contributed by atoms with Gasteiger partial charge in [0.15, 0.2) is 0 Å². The maximum absolute atomic E-state index is 12.5. The van der Waals surface area contributed by atoms with Crippen molar-refractivity contribution in [2.75, 3.05) is 19.4 Å². The monoisotopic (exact) mass is 454 g/mol. The van der Waals surface area contributed by atoms with Crippen LogP contribution in [0.4, 0.5) is 5.82 Å². The highest BCUT2D eigenvalue weighted by Gasteiger charge is 2.40. The van der Waals surface area contributed by atoms with E-state index in [1.165, 1.54) is 0 Å². The lowest BCUT2D eigenvalue weighted by molar-refractivity contribution is -0.129. The van der Waals surface area contributed by atoms with E-state index in [9.17, 15) is 4.79 Å². The Hall–Kier alpha value is -2.02. The first-order valence-electron chi connectivity index (χ1n) is 9.92. The molecule has 166 valence electrons. The molecule has 1 fully saturated rings. The van der Waals surface area contributed by atoms with Crippen molar-refractivity contribution in [3.63, 3.8) is 0 Å². The summed E-state index contributed by atoms with van der Waals surface area (Å²) in [5, 5.41) is 3.32. The number of rotatable bonds is 7. The Bertz CT molecular complexity index is 822. The van der Waals surface area contributed by atoms with Crippen molar-refractivity contribution in [1.82, 2.24) is 10.3 Å². The lowest BCUT2D eigenvalue weighted by Crippen LogP contribution is -2.45. The maximum atomic E-state index is 12.5. The molecule has 8 heteroatoms. The van der Waals surface area contributed by atoms with Crippen LogP contribution in [0.1, 0.15) is 38.2 Å². The van der Waals surface area contributed by atoms with E-state index in [4.69, 9.17) is 16.2 Å². The molecule has 1 aliphatic carbocycles. The smallest absolute Gasteiger partial charge is 0.223 e. The van der Waals surface area contributed by atoms with Crippen LogP contribution in [0.25, 0.3) is 11.1 Å². The van der Waals surface area contributed by atoms with Crippen LogP contribution in [0.3, 0.4) is 0 Å². The molecule has 1 heterocycles. The third-order valence-electron chi connectivity index (χ3n) is 5.88. The van der Waals surface area contributed by atoms with Gasteiger partial charge >= 0.3 is 0 Å². The highest BCUT2D eigenvalue weighted by molar-refractivity contribution is 5.85. The van der Waals surface area contributed by atoms with Crippen LogP contribution in [0.15, 0.2) is 36.5 Å². The minimum absolute atomic E-state index is 0. The number of amides is 1. The number of hydrogen-bond donors (Lipinski definition) is 3. The van der Waals surface area contributed by atoms with Crippen LogP contribution in [0.5, 0.6) is 5.75 Å². The van der Waals surface area contributed by atoms with Crippen molar-refractivity contribution in [3.8, 4) is 16.9 Å². The van der Waals surface area contributed by atoms with Gasteiger partial charge in [-0.3, -0.25) is 4.79 Å². The second-order valence-corrected chi connectivity index (χ2v) is 7.61. The molecular weight excluding hydrogens is 423 g/mol. The Morgan fingerprint density at radius 2 is 1.87 bits per heavy atom. The number of nitrogens with one attached hydrogen (secondary N) is 1. The molecule has 1 aliphatic rings. The van der Waals surface area contributed by atoms with E-state index in [0.717, 1.165) is 48.1 Å². The number of hydrogen-bond acceptors (Lipinski definition) is 5. The normalized spacial score (nSPS) is 20.5. The first-order chi connectivity index (χ1) is 13.5. The van der Waals surface area contributed by atoms with Gasteiger partial charge < -0.3 is 21.5 Å². The molecule has 0 aliphatic heterocycles. The maximum Gasteiger partial charge on any atom is 0.223 e. The van der Waals surface area contributed by atoms with Crippen molar-refractivity contribution < 1.29 is 9.53 Å². The zero-order valence-electron chi connectivity index (χ0n) is 17.5. The first kappa shape index (κ1) is 26.0. The number of pyridine rings is 1. The molecule has 5 N–H and O–H groups in total. The molecule has 6 nitrogen and oxygen atoms in total.